The second-order valence-electron chi connectivity index (χ2n) is 4.09. The number of methoxy groups -OCH3 is 3. The van der Waals surface area contributed by atoms with E-state index in [1.54, 1.807) is 30.5 Å². The quantitative estimate of drug-likeness (QED) is 0.881. The summed E-state index contributed by atoms with van der Waals surface area (Å²) in [5.41, 5.74) is 0.589. The van der Waals surface area contributed by atoms with E-state index in [0.717, 1.165) is 0 Å². The van der Waals surface area contributed by atoms with E-state index >= 15 is 0 Å². The molecule has 1 heterocycles. The van der Waals surface area contributed by atoms with E-state index in [-0.39, 0.29) is 6.61 Å². The highest BCUT2D eigenvalue weighted by Gasteiger charge is 2.15. The first kappa shape index (κ1) is 14.9. The number of pyridine rings is 1. The van der Waals surface area contributed by atoms with Crippen molar-refractivity contribution in [2.24, 2.45) is 0 Å². The lowest BCUT2D eigenvalue weighted by atomic mass is 10.2. The summed E-state index contributed by atoms with van der Waals surface area (Å²) in [4.78, 5) is 4.10. The number of nitrogens with zero attached hydrogens (tertiary/aromatic N) is 1. The molecule has 1 aromatic carbocycles. The van der Waals surface area contributed by atoms with Crippen LogP contribution in [-0.4, -0.2) is 31.4 Å². The second-order valence-corrected chi connectivity index (χ2v) is 4.09. The highest BCUT2D eigenvalue weighted by Crippen LogP contribution is 2.41. The van der Waals surface area contributed by atoms with Crippen LogP contribution in [0.2, 0.25) is 0 Å². The fourth-order valence-electron chi connectivity index (χ4n) is 1.86. The van der Waals surface area contributed by atoms with Crippen LogP contribution in [0.1, 0.15) is 5.56 Å². The van der Waals surface area contributed by atoms with Crippen LogP contribution in [0, 0.1) is 0 Å². The number of aliphatic hydroxyl groups excluding tert-OH is 1. The van der Waals surface area contributed by atoms with Crippen molar-refractivity contribution in [1.29, 1.82) is 0 Å². The first-order chi connectivity index (χ1) is 10.2. The molecule has 0 amide bonds. The van der Waals surface area contributed by atoms with Crippen molar-refractivity contribution in [3.63, 3.8) is 0 Å². The molecule has 0 aliphatic rings. The monoisotopic (exact) mass is 291 g/mol. The van der Waals surface area contributed by atoms with Crippen LogP contribution < -0.4 is 18.9 Å². The zero-order valence-corrected chi connectivity index (χ0v) is 12.1. The molecular formula is C15H17NO5. The van der Waals surface area contributed by atoms with Gasteiger partial charge in [-0.15, -0.1) is 0 Å². The minimum Gasteiger partial charge on any atom is -0.493 e. The zero-order chi connectivity index (χ0) is 15.2. The Hall–Kier alpha value is -2.47. The van der Waals surface area contributed by atoms with Crippen LogP contribution >= 0.6 is 0 Å². The Labute approximate surface area is 122 Å². The molecule has 2 aromatic rings. The first-order valence-electron chi connectivity index (χ1n) is 6.26. The maximum Gasteiger partial charge on any atom is 0.224 e. The van der Waals surface area contributed by atoms with Gasteiger partial charge in [-0.25, -0.2) is 4.98 Å². The van der Waals surface area contributed by atoms with Crippen molar-refractivity contribution >= 4 is 0 Å². The Balaban J connectivity index is 2.40. The van der Waals surface area contributed by atoms with Crippen LogP contribution in [0.5, 0.6) is 28.9 Å². The van der Waals surface area contributed by atoms with E-state index in [1.165, 1.54) is 21.3 Å². The van der Waals surface area contributed by atoms with Gasteiger partial charge in [0.15, 0.2) is 11.5 Å². The molecule has 1 aromatic heterocycles. The molecule has 0 aliphatic heterocycles. The number of rotatable bonds is 6. The van der Waals surface area contributed by atoms with Gasteiger partial charge in [-0.3, -0.25) is 0 Å². The lowest BCUT2D eigenvalue weighted by Crippen LogP contribution is -1.98. The van der Waals surface area contributed by atoms with Crippen molar-refractivity contribution in [3.05, 3.63) is 36.0 Å². The highest BCUT2D eigenvalue weighted by molar-refractivity contribution is 5.56. The molecule has 0 saturated carbocycles. The van der Waals surface area contributed by atoms with Gasteiger partial charge in [-0.05, 0) is 12.1 Å². The van der Waals surface area contributed by atoms with Gasteiger partial charge >= 0.3 is 0 Å². The molecule has 0 aliphatic carbocycles. The topological polar surface area (TPSA) is 70.0 Å². The smallest absolute Gasteiger partial charge is 0.224 e. The van der Waals surface area contributed by atoms with Crippen LogP contribution in [-0.2, 0) is 6.61 Å². The van der Waals surface area contributed by atoms with Gasteiger partial charge in [0.1, 0.15) is 5.75 Å². The van der Waals surface area contributed by atoms with Gasteiger partial charge in [0, 0.05) is 23.9 Å². The summed E-state index contributed by atoms with van der Waals surface area (Å²) in [6, 6.07) is 6.79. The van der Waals surface area contributed by atoms with Gasteiger partial charge in [-0.2, -0.15) is 0 Å². The fourth-order valence-corrected chi connectivity index (χ4v) is 1.86. The summed E-state index contributed by atoms with van der Waals surface area (Å²) in [6.45, 7) is -0.159. The summed E-state index contributed by atoms with van der Waals surface area (Å²) in [6.07, 6.45) is 1.59. The predicted octanol–water partition coefficient (Wildman–Crippen LogP) is 2.39. The van der Waals surface area contributed by atoms with Crippen molar-refractivity contribution in [2.45, 2.75) is 6.61 Å². The van der Waals surface area contributed by atoms with E-state index in [9.17, 15) is 5.11 Å². The minimum absolute atomic E-state index is 0.159. The lowest BCUT2D eigenvalue weighted by Gasteiger charge is -2.15. The van der Waals surface area contributed by atoms with E-state index in [0.29, 0.717) is 34.4 Å². The molecule has 0 fully saturated rings. The Morgan fingerprint density at radius 3 is 2.24 bits per heavy atom. The highest BCUT2D eigenvalue weighted by atomic mass is 16.5. The molecule has 0 bridgehead atoms. The largest absolute Gasteiger partial charge is 0.493 e. The van der Waals surface area contributed by atoms with E-state index < -0.39 is 0 Å². The van der Waals surface area contributed by atoms with Crippen molar-refractivity contribution < 1.29 is 24.1 Å². The Kier molecular flexibility index (Phi) is 4.84. The maximum absolute atomic E-state index is 9.29. The Morgan fingerprint density at radius 1 is 1.05 bits per heavy atom. The first-order valence-corrected chi connectivity index (χ1v) is 6.26. The molecular weight excluding hydrogens is 274 g/mol. The Morgan fingerprint density at radius 2 is 1.71 bits per heavy atom. The third-order valence-corrected chi connectivity index (χ3v) is 2.87. The summed E-state index contributed by atoms with van der Waals surface area (Å²) < 4.78 is 21.5. The SMILES string of the molecule is COc1cc(Oc2ncccc2CO)cc(OC)c1OC. The van der Waals surface area contributed by atoms with Crippen molar-refractivity contribution in [1.82, 2.24) is 4.98 Å². The molecule has 2 rings (SSSR count). The van der Waals surface area contributed by atoms with E-state index in [2.05, 4.69) is 4.98 Å². The molecule has 1 N–H and O–H groups in total. The second kappa shape index (κ2) is 6.81. The number of hydrogen-bond donors (Lipinski definition) is 1. The summed E-state index contributed by atoms with van der Waals surface area (Å²) in [5, 5.41) is 9.29. The van der Waals surface area contributed by atoms with Gasteiger partial charge in [-0.1, -0.05) is 0 Å². The van der Waals surface area contributed by atoms with Crippen LogP contribution in [0.4, 0.5) is 0 Å². The average Bonchev–Trinajstić information content (AvgIpc) is 2.54. The van der Waals surface area contributed by atoms with E-state index in [4.69, 9.17) is 18.9 Å². The summed E-state index contributed by atoms with van der Waals surface area (Å²) in [7, 11) is 4.59. The average molecular weight is 291 g/mol. The normalized spacial score (nSPS) is 10.1. The third kappa shape index (κ3) is 3.17. The molecule has 0 atom stereocenters. The molecule has 0 saturated heterocycles. The fraction of sp³-hybridized carbons (Fsp3) is 0.267. The number of benzene rings is 1. The number of aliphatic hydroxyl groups is 1. The molecule has 6 nitrogen and oxygen atoms in total. The van der Waals surface area contributed by atoms with E-state index in [1.807, 2.05) is 0 Å². The predicted molar refractivity (Wildman–Crippen MR) is 76.3 cm³/mol. The number of ether oxygens (including phenoxy) is 4. The van der Waals surface area contributed by atoms with Gasteiger partial charge in [0.2, 0.25) is 11.6 Å². The zero-order valence-electron chi connectivity index (χ0n) is 12.1. The van der Waals surface area contributed by atoms with Crippen LogP contribution in [0.25, 0.3) is 0 Å². The van der Waals surface area contributed by atoms with Crippen molar-refractivity contribution in [2.75, 3.05) is 21.3 Å². The lowest BCUT2D eigenvalue weighted by molar-refractivity contribution is 0.274. The van der Waals surface area contributed by atoms with Crippen molar-refractivity contribution in [3.8, 4) is 28.9 Å². The van der Waals surface area contributed by atoms with Crippen LogP contribution in [0.15, 0.2) is 30.5 Å². The van der Waals surface area contributed by atoms with Gasteiger partial charge in [0.25, 0.3) is 0 Å². The summed E-state index contributed by atoms with van der Waals surface area (Å²) in [5.74, 6) is 2.24. The molecule has 112 valence electrons. The van der Waals surface area contributed by atoms with Crippen LogP contribution in [0.3, 0.4) is 0 Å². The summed E-state index contributed by atoms with van der Waals surface area (Å²) >= 11 is 0. The third-order valence-electron chi connectivity index (χ3n) is 2.87. The number of aromatic nitrogens is 1. The van der Waals surface area contributed by atoms with Gasteiger partial charge in [0.05, 0.1) is 27.9 Å². The van der Waals surface area contributed by atoms with Gasteiger partial charge < -0.3 is 24.1 Å². The molecule has 0 spiro atoms. The molecule has 6 heteroatoms. The molecule has 0 radical (unpaired) electrons. The maximum atomic E-state index is 9.29. The molecule has 21 heavy (non-hydrogen) atoms. The molecule has 0 unspecified atom stereocenters. The minimum atomic E-state index is -0.159. The standard InChI is InChI=1S/C15H17NO5/c1-18-12-7-11(8-13(19-2)14(12)20-3)21-15-10(9-17)5-4-6-16-15/h4-8,17H,9H2,1-3H3. The number of hydrogen-bond acceptors (Lipinski definition) is 6. The Bertz CT molecular complexity index is 590.